The molecule has 0 saturated carbocycles. The highest BCUT2D eigenvalue weighted by molar-refractivity contribution is 6.00. The predicted octanol–water partition coefficient (Wildman–Crippen LogP) is 1.05. The van der Waals surface area contributed by atoms with Gasteiger partial charge in [0, 0.05) is 6.54 Å². The average molecular weight is 250 g/mol. The second kappa shape index (κ2) is 4.59. The maximum atomic E-state index is 11.8. The molecule has 3 N–H and O–H groups in total. The minimum Gasteiger partial charge on any atom is -0.476 e. The number of aliphatic hydroxyl groups is 1. The fourth-order valence-electron chi connectivity index (χ4n) is 1.85. The first-order chi connectivity index (χ1) is 8.44. The van der Waals surface area contributed by atoms with Crippen molar-refractivity contribution in [2.75, 3.05) is 18.9 Å². The van der Waals surface area contributed by atoms with Gasteiger partial charge in [-0.25, -0.2) is 0 Å². The number of benzene rings is 1. The molecule has 1 unspecified atom stereocenters. The molecular formula is C13H18N2O3. The molecule has 98 valence electrons. The van der Waals surface area contributed by atoms with Crippen LogP contribution in [0.2, 0.25) is 0 Å². The van der Waals surface area contributed by atoms with Crippen molar-refractivity contribution in [2.24, 2.45) is 0 Å². The van der Waals surface area contributed by atoms with Crippen molar-refractivity contribution in [1.82, 2.24) is 5.32 Å². The van der Waals surface area contributed by atoms with Crippen LogP contribution in [0.1, 0.15) is 25.5 Å². The van der Waals surface area contributed by atoms with E-state index in [1.807, 2.05) is 0 Å². The molecule has 1 atom stereocenters. The summed E-state index contributed by atoms with van der Waals surface area (Å²) in [6.07, 6.45) is -0.605. The summed E-state index contributed by atoms with van der Waals surface area (Å²) in [5.41, 5.74) is 0.483. The summed E-state index contributed by atoms with van der Waals surface area (Å²) in [4.78, 5) is 11.8. The minimum atomic E-state index is -0.863. The number of carbonyl (C=O) groups excluding carboxylic acids is 1. The Bertz CT molecular complexity index is 471. The smallest absolute Gasteiger partial charge is 0.268 e. The lowest BCUT2D eigenvalue weighted by Crippen LogP contribution is -2.45. The van der Waals surface area contributed by atoms with Crippen molar-refractivity contribution in [3.63, 3.8) is 0 Å². The highest BCUT2D eigenvalue weighted by atomic mass is 16.5. The molecule has 0 aromatic heterocycles. The Balaban J connectivity index is 2.29. The van der Waals surface area contributed by atoms with Crippen molar-refractivity contribution in [3.8, 4) is 5.75 Å². The van der Waals surface area contributed by atoms with Gasteiger partial charge in [-0.3, -0.25) is 4.79 Å². The van der Waals surface area contributed by atoms with Crippen LogP contribution in [0.3, 0.4) is 0 Å². The first-order valence-electron chi connectivity index (χ1n) is 5.91. The summed E-state index contributed by atoms with van der Waals surface area (Å²) in [6, 6.07) is 5.31. The van der Waals surface area contributed by atoms with Gasteiger partial charge >= 0.3 is 0 Å². The van der Waals surface area contributed by atoms with E-state index in [1.54, 1.807) is 39.1 Å². The van der Waals surface area contributed by atoms with E-state index in [0.717, 1.165) is 5.56 Å². The van der Waals surface area contributed by atoms with Crippen LogP contribution >= 0.6 is 0 Å². The number of hydrogen-bond acceptors (Lipinski definition) is 4. The number of ether oxygens (including phenoxy) is 1. The summed E-state index contributed by atoms with van der Waals surface area (Å²) in [7, 11) is 1.77. The minimum absolute atomic E-state index is 0.185. The van der Waals surface area contributed by atoms with Gasteiger partial charge < -0.3 is 20.5 Å². The van der Waals surface area contributed by atoms with Gasteiger partial charge in [0.25, 0.3) is 5.91 Å². The monoisotopic (exact) mass is 250 g/mol. The van der Waals surface area contributed by atoms with E-state index in [1.165, 1.54) is 0 Å². The zero-order valence-electron chi connectivity index (χ0n) is 10.8. The molecule has 5 heteroatoms. The zero-order valence-corrected chi connectivity index (χ0v) is 10.8. The lowest BCUT2D eigenvalue weighted by molar-refractivity contribution is -0.129. The zero-order chi connectivity index (χ0) is 13.3. The number of rotatable bonds is 3. The Morgan fingerprint density at radius 2 is 2.22 bits per heavy atom. The number of amides is 1. The second-order valence-electron chi connectivity index (χ2n) is 4.90. The van der Waals surface area contributed by atoms with Gasteiger partial charge in [0.05, 0.1) is 11.8 Å². The number of nitrogens with one attached hydrogen (secondary N) is 2. The maximum absolute atomic E-state index is 11.8. The molecule has 1 aliphatic rings. The van der Waals surface area contributed by atoms with Crippen molar-refractivity contribution >= 4 is 11.6 Å². The number of hydrogen-bond donors (Lipinski definition) is 3. The van der Waals surface area contributed by atoms with E-state index in [4.69, 9.17) is 4.74 Å². The summed E-state index contributed by atoms with van der Waals surface area (Å²) in [6.45, 7) is 3.89. The van der Waals surface area contributed by atoms with Crippen LogP contribution < -0.4 is 15.4 Å². The SMILES string of the molecule is CNCC(O)c1ccc2c(c1)NC(=O)C(C)(C)O2. The fourth-order valence-corrected chi connectivity index (χ4v) is 1.85. The van der Waals surface area contributed by atoms with E-state index >= 15 is 0 Å². The van der Waals surface area contributed by atoms with Crippen LogP contribution in [0.5, 0.6) is 5.75 Å². The largest absolute Gasteiger partial charge is 0.476 e. The molecule has 0 fully saturated rings. The fraction of sp³-hybridized carbons (Fsp3) is 0.462. The van der Waals surface area contributed by atoms with Gasteiger partial charge in [0.15, 0.2) is 5.60 Å². The number of anilines is 1. The van der Waals surface area contributed by atoms with E-state index in [2.05, 4.69) is 10.6 Å². The molecule has 0 spiro atoms. The van der Waals surface area contributed by atoms with Crippen molar-refractivity contribution < 1.29 is 14.6 Å². The Labute approximate surface area is 106 Å². The van der Waals surface area contributed by atoms with Crippen molar-refractivity contribution in [3.05, 3.63) is 23.8 Å². The number of fused-ring (bicyclic) bond motifs is 1. The molecule has 0 saturated heterocycles. The number of likely N-dealkylation sites (N-methyl/N-ethyl adjacent to an activating group) is 1. The third-order valence-electron chi connectivity index (χ3n) is 2.95. The Morgan fingerprint density at radius 3 is 2.89 bits per heavy atom. The molecule has 1 aliphatic heterocycles. The summed E-state index contributed by atoms with van der Waals surface area (Å²) in [5, 5.41) is 15.6. The lowest BCUT2D eigenvalue weighted by Gasteiger charge is -2.32. The number of carbonyl (C=O) groups is 1. The van der Waals surface area contributed by atoms with E-state index in [-0.39, 0.29) is 5.91 Å². The van der Waals surface area contributed by atoms with E-state index in [9.17, 15) is 9.90 Å². The lowest BCUT2D eigenvalue weighted by atomic mass is 10.0. The van der Waals surface area contributed by atoms with Gasteiger partial charge in [-0.2, -0.15) is 0 Å². The van der Waals surface area contributed by atoms with Crippen molar-refractivity contribution in [1.29, 1.82) is 0 Å². The molecule has 1 aromatic rings. The highest BCUT2D eigenvalue weighted by Crippen LogP contribution is 2.35. The predicted molar refractivity (Wildman–Crippen MR) is 68.7 cm³/mol. The van der Waals surface area contributed by atoms with E-state index < -0.39 is 11.7 Å². The van der Waals surface area contributed by atoms with Crippen LogP contribution in [0.4, 0.5) is 5.69 Å². The van der Waals surface area contributed by atoms with Gasteiger partial charge in [0.1, 0.15) is 5.75 Å². The Hall–Kier alpha value is -1.59. The maximum Gasteiger partial charge on any atom is 0.268 e. The third kappa shape index (κ3) is 2.32. The summed E-state index contributed by atoms with van der Waals surface area (Å²) >= 11 is 0. The molecular weight excluding hydrogens is 232 g/mol. The molecule has 5 nitrogen and oxygen atoms in total. The van der Waals surface area contributed by atoms with Gasteiger partial charge in [-0.05, 0) is 38.6 Å². The van der Waals surface area contributed by atoms with Gasteiger partial charge in [0.2, 0.25) is 0 Å². The quantitative estimate of drug-likeness (QED) is 0.750. The summed E-state index contributed by atoms with van der Waals surface area (Å²) < 4.78 is 5.62. The van der Waals surface area contributed by atoms with Crippen LogP contribution in [0.25, 0.3) is 0 Å². The third-order valence-corrected chi connectivity index (χ3v) is 2.95. The second-order valence-corrected chi connectivity index (χ2v) is 4.90. The van der Waals surface area contributed by atoms with Crippen molar-refractivity contribution in [2.45, 2.75) is 25.6 Å². The molecule has 2 rings (SSSR count). The molecule has 18 heavy (non-hydrogen) atoms. The molecule has 1 aromatic carbocycles. The highest BCUT2D eigenvalue weighted by Gasteiger charge is 2.35. The summed E-state index contributed by atoms with van der Waals surface area (Å²) in [5.74, 6) is 0.440. The topological polar surface area (TPSA) is 70.6 Å². The molecule has 1 amide bonds. The first-order valence-corrected chi connectivity index (χ1v) is 5.91. The number of aliphatic hydroxyl groups excluding tert-OH is 1. The molecule has 0 aliphatic carbocycles. The van der Waals surface area contributed by atoms with Crippen LogP contribution in [0, 0.1) is 0 Å². The molecule has 0 radical (unpaired) electrons. The first kappa shape index (κ1) is 12.9. The normalized spacial score (nSPS) is 18.6. The standard InChI is InChI=1S/C13H18N2O3/c1-13(2)12(17)15-9-6-8(10(16)7-14-3)4-5-11(9)18-13/h4-6,10,14,16H,7H2,1-3H3,(H,15,17). The van der Waals surface area contributed by atoms with Gasteiger partial charge in [-0.15, -0.1) is 0 Å². The Morgan fingerprint density at radius 1 is 1.50 bits per heavy atom. The van der Waals surface area contributed by atoms with Crippen LogP contribution in [-0.2, 0) is 4.79 Å². The molecule has 1 heterocycles. The van der Waals surface area contributed by atoms with E-state index in [0.29, 0.717) is 18.0 Å². The average Bonchev–Trinajstić information content (AvgIpc) is 2.30. The van der Waals surface area contributed by atoms with Crippen LogP contribution in [-0.4, -0.2) is 30.2 Å². The van der Waals surface area contributed by atoms with Gasteiger partial charge in [-0.1, -0.05) is 6.07 Å². The molecule has 0 bridgehead atoms. The Kier molecular flexibility index (Phi) is 3.28. The van der Waals surface area contributed by atoms with Crippen LogP contribution in [0.15, 0.2) is 18.2 Å².